The number of nitrogens with one attached hydrogen (secondary N) is 3. The maximum Gasteiger partial charge on any atom is 0.332 e. The molecule has 0 aliphatic heterocycles. The molecule has 2 aromatic carbocycles. The van der Waals surface area contributed by atoms with E-state index in [4.69, 9.17) is 10.5 Å². The summed E-state index contributed by atoms with van der Waals surface area (Å²) in [5, 5.41) is 35.2. The van der Waals surface area contributed by atoms with Crippen LogP contribution < -0.4 is 26.4 Å². The number of methoxy groups -OCH3 is 1. The number of phenolic OH excluding ortho intramolecular Hbond substituents is 1. The van der Waals surface area contributed by atoms with E-state index in [9.17, 15) is 29.9 Å². The Labute approximate surface area is 182 Å². The predicted molar refractivity (Wildman–Crippen MR) is 114 cm³/mol. The van der Waals surface area contributed by atoms with Crippen LogP contribution in [0.5, 0.6) is 11.5 Å². The highest BCUT2D eigenvalue weighted by Gasteiger charge is 2.16. The minimum absolute atomic E-state index is 0.0116. The number of amides is 3. The first-order chi connectivity index (χ1) is 15.2. The van der Waals surface area contributed by atoms with Crippen molar-refractivity contribution in [3.05, 3.63) is 53.2 Å². The van der Waals surface area contributed by atoms with Gasteiger partial charge in [0.2, 0.25) is 5.91 Å². The largest absolute Gasteiger partial charge is 0.595 e. The molecule has 0 aliphatic rings. The third kappa shape index (κ3) is 7.05. The number of primary amides is 1. The standard InChI is InChI=1S/C20H23N5O7/c1-32-18-10-12(6-8-16(18)26)17(27)11-13(23-24-20(21)29)7-9-19(28)22-14-4-2-3-5-15(14)25(30)31/h2-6,8,10,25-26,30H,7,9,11H2,1H3,(H,22,28)(H3,21,24,29)/b23-13-. The summed E-state index contributed by atoms with van der Waals surface area (Å²) in [6.07, 6.45) is -0.394. The molecule has 0 spiro atoms. The lowest BCUT2D eigenvalue weighted by Crippen LogP contribution is -2.99. The fraction of sp³-hybridized carbons (Fsp3) is 0.200. The smallest absolute Gasteiger partial charge is 0.332 e. The lowest BCUT2D eigenvalue weighted by Gasteiger charge is -2.16. The second-order valence-electron chi connectivity index (χ2n) is 6.54. The molecule has 0 fully saturated rings. The number of ketones is 1. The molecule has 12 heteroatoms. The highest BCUT2D eigenvalue weighted by Crippen LogP contribution is 2.27. The van der Waals surface area contributed by atoms with Crippen LogP contribution >= 0.6 is 0 Å². The molecule has 7 N–H and O–H groups in total. The molecule has 2 aromatic rings. The van der Waals surface area contributed by atoms with Crippen molar-refractivity contribution in [1.82, 2.24) is 5.43 Å². The van der Waals surface area contributed by atoms with Gasteiger partial charge in [0.1, 0.15) is 5.69 Å². The predicted octanol–water partition coefficient (Wildman–Crippen LogP) is 0.820. The van der Waals surface area contributed by atoms with Gasteiger partial charge >= 0.3 is 6.03 Å². The number of para-hydroxylation sites is 2. The van der Waals surface area contributed by atoms with Crippen molar-refractivity contribution in [2.24, 2.45) is 10.8 Å². The lowest BCUT2D eigenvalue weighted by molar-refractivity contribution is -0.990. The third-order valence-corrected chi connectivity index (χ3v) is 4.26. The monoisotopic (exact) mass is 445 g/mol. The van der Waals surface area contributed by atoms with E-state index in [0.717, 1.165) is 0 Å². The van der Waals surface area contributed by atoms with Crippen molar-refractivity contribution in [3.63, 3.8) is 0 Å². The first-order valence-electron chi connectivity index (χ1n) is 9.34. The van der Waals surface area contributed by atoms with E-state index < -0.39 is 22.9 Å². The van der Waals surface area contributed by atoms with Crippen molar-refractivity contribution in [2.45, 2.75) is 19.3 Å². The summed E-state index contributed by atoms with van der Waals surface area (Å²) in [5.41, 5.74) is 7.51. The van der Waals surface area contributed by atoms with Crippen LogP contribution in [0.2, 0.25) is 0 Å². The SMILES string of the molecule is COc1cc(C(=O)C/C(CCC(=O)Nc2ccccc2[NH+]([O-])O)=N\NC(N)=O)ccc1O. The number of nitrogens with two attached hydrogens (primary N) is 1. The average molecular weight is 445 g/mol. The second-order valence-corrected chi connectivity index (χ2v) is 6.54. The molecule has 170 valence electrons. The summed E-state index contributed by atoms with van der Waals surface area (Å²) < 4.78 is 4.98. The number of rotatable bonds is 10. The third-order valence-electron chi connectivity index (χ3n) is 4.26. The Balaban J connectivity index is 2.08. The number of ether oxygens (including phenoxy) is 1. The molecule has 0 aliphatic carbocycles. The zero-order valence-electron chi connectivity index (χ0n) is 17.1. The number of carbonyl (C=O) groups is 3. The topological polar surface area (TPSA) is 191 Å². The number of nitrogens with zero attached hydrogens (tertiary/aromatic N) is 1. The number of urea groups is 1. The Bertz CT molecular complexity index is 1020. The van der Waals surface area contributed by atoms with Crippen LogP contribution in [0.3, 0.4) is 0 Å². The van der Waals surface area contributed by atoms with Crippen molar-refractivity contribution in [3.8, 4) is 11.5 Å². The van der Waals surface area contributed by atoms with Gasteiger partial charge in [-0.2, -0.15) is 10.3 Å². The zero-order chi connectivity index (χ0) is 23.7. The van der Waals surface area contributed by atoms with Gasteiger partial charge in [0, 0.05) is 23.8 Å². The molecule has 0 radical (unpaired) electrons. The molecule has 3 amide bonds. The minimum atomic E-state index is -1.19. The summed E-state index contributed by atoms with van der Waals surface area (Å²) in [6.45, 7) is 0. The molecule has 0 bridgehead atoms. The van der Waals surface area contributed by atoms with Gasteiger partial charge in [-0.1, -0.05) is 12.1 Å². The van der Waals surface area contributed by atoms with E-state index in [0.29, 0.717) is 0 Å². The lowest BCUT2D eigenvalue weighted by atomic mass is 10.0. The van der Waals surface area contributed by atoms with Crippen molar-refractivity contribution >= 4 is 34.8 Å². The maximum atomic E-state index is 12.6. The molecule has 32 heavy (non-hydrogen) atoms. The summed E-state index contributed by atoms with van der Waals surface area (Å²) in [7, 11) is 1.34. The van der Waals surface area contributed by atoms with E-state index >= 15 is 0 Å². The number of benzene rings is 2. The van der Waals surface area contributed by atoms with Crippen LogP contribution in [0.25, 0.3) is 0 Å². The van der Waals surface area contributed by atoms with Crippen LogP contribution in [0.4, 0.5) is 16.2 Å². The van der Waals surface area contributed by atoms with E-state index in [1.54, 1.807) is 6.07 Å². The van der Waals surface area contributed by atoms with E-state index in [1.807, 2.05) is 5.43 Å². The van der Waals surface area contributed by atoms with Gasteiger partial charge < -0.3 is 26.1 Å². The Hall–Kier alpha value is -4.00. The van der Waals surface area contributed by atoms with Crippen LogP contribution in [-0.2, 0) is 4.79 Å². The number of anilines is 1. The van der Waals surface area contributed by atoms with E-state index in [-0.39, 0.29) is 53.4 Å². The molecular formula is C20H23N5O7. The van der Waals surface area contributed by atoms with Crippen molar-refractivity contribution in [2.75, 3.05) is 12.4 Å². The number of aromatic hydroxyl groups is 1. The molecule has 2 rings (SSSR count). The number of hydrazone groups is 1. The number of phenols is 1. The number of carbonyl (C=O) groups excluding carboxylic acids is 3. The fourth-order valence-corrected chi connectivity index (χ4v) is 2.71. The number of hydrogen-bond donors (Lipinski definition) is 6. The summed E-state index contributed by atoms with van der Waals surface area (Å²) in [5.74, 6) is -0.929. The normalized spacial score (nSPS) is 12.0. The quantitative estimate of drug-likeness (QED) is 0.177. The van der Waals surface area contributed by atoms with Gasteiger partial charge in [-0.15, -0.1) is 0 Å². The molecule has 0 heterocycles. The van der Waals surface area contributed by atoms with Crippen LogP contribution in [0.1, 0.15) is 29.6 Å². The molecule has 12 nitrogen and oxygen atoms in total. The van der Waals surface area contributed by atoms with Crippen LogP contribution in [0, 0.1) is 5.21 Å². The van der Waals surface area contributed by atoms with Crippen LogP contribution in [0.15, 0.2) is 47.6 Å². The van der Waals surface area contributed by atoms with Crippen LogP contribution in [-0.4, -0.2) is 40.9 Å². The Morgan fingerprint density at radius 3 is 2.56 bits per heavy atom. The van der Waals surface area contributed by atoms with Gasteiger partial charge in [-0.3, -0.25) is 9.59 Å². The summed E-state index contributed by atoms with van der Waals surface area (Å²) >= 11 is 0. The van der Waals surface area contributed by atoms with Crippen molar-refractivity contribution in [1.29, 1.82) is 0 Å². The van der Waals surface area contributed by atoms with Gasteiger partial charge in [0.25, 0.3) is 0 Å². The minimum Gasteiger partial charge on any atom is -0.595 e. The molecule has 1 unspecified atom stereocenters. The van der Waals surface area contributed by atoms with Gasteiger partial charge in [-0.05, 0) is 30.7 Å². The molecule has 0 aromatic heterocycles. The van der Waals surface area contributed by atoms with Gasteiger partial charge in [0.05, 0.1) is 13.5 Å². The Morgan fingerprint density at radius 1 is 1.19 bits per heavy atom. The maximum absolute atomic E-state index is 12.6. The number of Topliss-reactive ketones (excluding diaryl/α,β-unsaturated/α-hetero) is 1. The summed E-state index contributed by atoms with van der Waals surface area (Å²) in [4.78, 5) is 35.9. The average Bonchev–Trinajstić information content (AvgIpc) is 2.75. The highest BCUT2D eigenvalue weighted by molar-refractivity contribution is 6.10. The zero-order valence-corrected chi connectivity index (χ0v) is 17.1. The first-order valence-corrected chi connectivity index (χ1v) is 9.34. The van der Waals surface area contributed by atoms with Gasteiger partial charge in [0.15, 0.2) is 23.0 Å². The number of quaternary nitrogens is 1. The van der Waals surface area contributed by atoms with Gasteiger partial charge in [-0.25, -0.2) is 15.4 Å². The molecular weight excluding hydrogens is 422 g/mol. The Morgan fingerprint density at radius 2 is 1.91 bits per heavy atom. The van der Waals surface area contributed by atoms with E-state index in [1.165, 1.54) is 43.5 Å². The second kappa shape index (κ2) is 11.4. The fourth-order valence-electron chi connectivity index (χ4n) is 2.71. The number of hydrogen-bond acceptors (Lipinski definition) is 8. The summed E-state index contributed by atoms with van der Waals surface area (Å²) in [6, 6.07) is 9.03. The molecule has 0 saturated heterocycles. The molecule has 0 saturated carbocycles. The van der Waals surface area contributed by atoms with E-state index in [2.05, 4.69) is 10.4 Å². The molecule has 1 atom stereocenters. The first kappa shape index (κ1) is 24.3. The highest BCUT2D eigenvalue weighted by atomic mass is 16.8. The van der Waals surface area contributed by atoms with Crippen molar-refractivity contribution < 1.29 is 34.7 Å². The Kier molecular flexibility index (Phi) is 8.65.